The number of nitrogens with one attached hydrogen (secondary N) is 1. The lowest BCUT2D eigenvalue weighted by molar-refractivity contribution is 0.296. The van der Waals surface area contributed by atoms with Crippen molar-refractivity contribution in [2.24, 2.45) is 5.92 Å². The fraction of sp³-hybridized carbons (Fsp3) is 0.778. The number of hydrogen-bond acceptors (Lipinski definition) is 4. The van der Waals surface area contributed by atoms with Gasteiger partial charge in [-0.2, -0.15) is 4.98 Å². The summed E-state index contributed by atoms with van der Waals surface area (Å²) < 4.78 is 5.83. The Labute approximate surface area is 134 Å². The zero-order chi connectivity index (χ0) is 15.4. The molecule has 0 aliphatic heterocycles. The molecule has 4 nitrogen and oxygen atoms in total. The molecule has 2 atom stereocenters. The minimum atomic E-state index is 0.541. The van der Waals surface area contributed by atoms with Crippen molar-refractivity contribution in [3.8, 4) is 5.88 Å². The molecule has 1 aromatic rings. The van der Waals surface area contributed by atoms with Gasteiger partial charge in [0.05, 0.1) is 6.61 Å². The van der Waals surface area contributed by atoms with Crippen LogP contribution in [0.1, 0.15) is 77.0 Å². The van der Waals surface area contributed by atoms with Crippen LogP contribution in [0.3, 0.4) is 0 Å². The molecule has 1 N–H and O–H groups in total. The summed E-state index contributed by atoms with van der Waals surface area (Å²) in [5, 5.41) is 3.65. The SMILES string of the molecule is CCCCOc1cc(NC2CCCCC2C)nc(C2CC2)n1. The van der Waals surface area contributed by atoms with Gasteiger partial charge in [-0.3, -0.25) is 0 Å². The number of nitrogens with zero attached hydrogens (tertiary/aromatic N) is 2. The van der Waals surface area contributed by atoms with Gasteiger partial charge in [0.2, 0.25) is 5.88 Å². The Hall–Kier alpha value is -1.32. The highest BCUT2D eigenvalue weighted by Gasteiger charge is 2.28. The van der Waals surface area contributed by atoms with Crippen LogP contribution in [0.5, 0.6) is 5.88 Å². The Morgan fingerprint density at radius 1 is 1.18 bits per heavy atom. The molecule has 4 heteroatoms. The second-order valence-electron chi connectivity index (χ2n) is 6.94. The summed E-state index contributed by atoms with van der Waals surface area (Å²) in [5.74, 6) is 3.95. The lowest BCUT2D eigenvalue weighted by Gasteiger charge is -2.30. The first-order valence-electron chi connectivity index (χ1n) is 9.04. The van der Waals surface area contributed by atoms with Crippen LogP contribution >= 0.6 is 0 Å². The molecule has 1 heterocycles. The van der Waals surface area contributed by atoms with Crippen molar-refractivity contribution in [2.45, 2.75) is 77.2 Å². The van der Waals surface area contributed by atoms with Crippen molar-refractivity contribution in [3.63, 3.8) is 0 Å². The van der Waals surface area contributed by atoms with E-state index in [0.717, 1.165) is 42.9 Å². The second-order valence-corrected chi connectivity index (χ2v) is 6.94. The third-order valence-electron chi connectivity index (χ3n) is 4.86. The molecule has 0 aromatic carbocycles. The molecule has 0 amide bonds. The largest absolute Gasteiger partial charge is 0.478 e. The standard InChI is InChI=1S/C18H29N3O/c1-3-4-11-22-17-12-16(20-18(21-17)14-9-10-14)19-15-8-6-5-7-13(15)2/h12-15H,3-11H2,1-2H3,(H,19,20,21). The zero-order valence-electron chi connectivity index (χ0n) is 14.0. The second kappa shape index (κ2) is 7.30. The van der Waals surface area contributed by atoms with E-state index in [0.29, 0.717) is 12.0 Å². The molecule has 22 heavy (non-hydrogen) atoms. The van der Waals surface area contributed by atoms with E-state index < -0.39 is 0 Å². The third kappa shape index (κ3) is 4.11. The number of hydrogen-bond donors (Lipinski definition) is 1. The molecule has 2 fully saturated rings. The number of aromatic nitrogens is 2. The van der Waals surface area contributed by atoms with Crippen LogP contribution in [0.4, 0.5) is 5.82 Å². The fourth-order valence-corrected chi connectivity index (χ4v) is 3.16. The lowest BCUT2D eigenvalue weighted by Crippen LogP contribution is -2.30. The maximum Gasteiger partial charge on any atom is 0.218 e. The number of unbranched alkanes of at least 4 members (excludes halogenated alkanes) is 1. The van der Waals surface area contributed by atoms with Crippen molar-refractivity contribution in [1.29, 1.82) is 0 Å². The Bertz CT molecular complexity index is 487. The van der Waals surface area contributed by atoms with Crippen LogP contribution in [0.15, 0.2) is 6.07 Å². The van der Waals surface area contributed by atoms with E-state index in [1.807, 2.05) is 6.07 Å². The van der Waals surface area contributed by atoms with E-state index in [2.05, 4.69) is 24.1 Å². The van der Waals surface area contributed by atoms with Crippen LogP contribution < -0.4 is 10.1 Å². The topological polar surface area (TPSA) is 47.0 Å². The van der Waals surface area contributed by atoms with Gasteiger partial charge in [0.25, 0.3) is 0 Å². The molecular weight excluding hydrogens is 274 g/mol. The molecule has 2 aliphatic rings. The van der Waals surface area contributed by atoms with E-state index in [1.54, 1.807) is 0 Å². The molecule has 3 rings (SSSR count). The smallest absolute Gasteiger partial charge is 0.218 e. The van der Waals surface area contributed by atoms with Gasteiger partial charge in [-0.1, -0.05) is 33.1 Å². The predicted molar refractivity (Wildman–Crippen MR) is 89.5 cm³/mol. The van der Waals surface area contributed by atoms with Crippen LogP contribution in [-0.2, 0) is 0 Å². The summed E-state index contributed by atoms with van der Waals surface area (Å²) in [6, 6.07) is 2.53. The first kappa shape index (κ1) is 15.6. The first-order valence-corrected chi connectivity index (χ1v) is 9.04. The average Bonchev–Trinajstić information content (AvgIpc) is 3.35. The van der Waals surface area contributed by atoms with Crippen LogP contribution in [0, 0.1) is 5.92 Å². The minimum absolute atomic E-state index is 0.541. The van der Waals surface area contributed by atoms with Gasteiger partial charge in [0, 0.05) is 18.0 Å². The van der Waals surface area contributed by atoms with Crippen LogP contribution in [0.2, 0.25) is 0 Å². The fourth-order valence-electron chi connectivity index (χ4n) is 3.16. The van der Waals surface area contributed by atoms with Crippen molar-refractivity contribution >= 4 is 5.82 Å². The number of ether oxygens (including phenoxy) is 1. The summed E-state index contributed by atoms with van der Waals surface area (Å²) in [6.45, 7) is 5.27. The van der Waals surface area contributed by atoms with Gasteiger partial charge in [0.15, 0.2) is 0 Å². The van der Waals surface area contributed by atoms with Gasteiger partial charge < -0.3 is 10.1 Å². The zero-order valence-corrected chi connectivity index (χ0v) is 14.0. The number of anilines is 1. The van der Waals surface area contributed by atoms with E-state index in [1.165, 1.54) is 38.5 Å². The van der Waals surface area contributed by atoms with Crippen LogP contribution in [-0.4, -0.2) is 22.6 Å². The van der Waals surface area contributed by atoms with Gasteiger partial charge in [0.1, 0.15) is 11.6 Å². The molecular formula is C18H29N3O. The molecule has 122 valence electrons. The Morgan fingerprint density at radius 2 is 2.00 bits per heavy atom. The normalized spacial score (nSPS) is 25.0. The van der Waals surface area contributed by atoms with Crippen LogP contribution in [0.25, 0.3) is 0 Å². The van der Waals surface area contributed by atoms with Gasteiger partial charge >= 0.3 is 0 Å². The van der Waals surface area contributed by atoms with Crippen molar-refractivity contribution in [2.75, 3.05) is 11.9 Å². The molecule has 0 saturated heterocycles. The Balaban J connectivity index is 1.70. The maximum atomic E-state index is 5.83. The van der Waals surface area contributed by atoms with E-state index in [9.17, 15) is 0 Å². The van der Waals surface area contributed by atoms with Crippen molar-refractivity contribution in [1.82, 2.24) is 9.97 Å². The Kier molecular flexibility index (Phi) is 5.16. The highest BCUT2D eigenvalue weighted by atomic mass is 16.5. The average molecular weight is 303 g/mol. The van der Waals surface area contributed by atoms with E-state index >= 15 is 0 Å². The Morgan fingerprint density at radius 3 is 2.73 bits per heavy atom. The highest BCUT2D eigenvalue weighted by molar-refractivity contribution is 5.40. The highest BCUT2D eigenvalue weighted by Crippen LogP contribution is 2.39. The molecule has 0 bridgehead atoms. The first-order chi connectivity index (χ1) is 10.8. The summed E-state index contributed by atoms with van der Waals surface area (Å²) in [7, 11) is 0. The maximum absolute atomic E-state index is 5.83. The molecule has 1 aromatic heterocycles. The predicted octanol–water partition coefficient (Wildman–Crippen LogP) is 4.52. The quantitative estimate of drug-likeness (QED) is 0.752. The molecule has 2 saturated carbocycles. The third-order valence-corrected chi connectivity index (χ3v) is 4.86. The van der Waals surface area contributed by atoms with Crippen molar-refractivity contribution < 1.29 is 4.74 Å². The lowest BCUT2D eigenvalue weighted by atomic mass is 9.86. The molecule has 2 unspecified atom stereocenters. The van der Waals surface area contributed by atoms with Gasteiger partial charge in [-0.15, -0.1) is 0 Å². The summed E-state index contributed by atoms with van der Waals surface area (Å²) in [5.41, 5.74) is 0. The number of rotatable bonds is 7. The monoisotopic (exact) mass is 303 g/mol. The molecule has 2 aliphatic carbocycles. The molecule has 0 radical (unpaired) electrons. The van der Waals surface area contributed by atoms with E-state index in [-0.39, 0.29) is 0 Å². The van der Waals surface area contributed by atoms with Gasteiger partial charge in [-0.05, 0) is 38.0 Å². The summed E-state index contributed by atoms with van der Waals surface area (Å²) >= 11 is 0. The van der Waals surface area contributed by atoms with E-state index in [4.69, 9.17) is 9.72 Å². The summed E-state index contributed by atoms with van der Waals surface area (Å²) in [6.07, 6.45) is 9.91. The minimum Gasteiger partial charge on any atom is -0.478 e. The summed E-state index contributed by atoms with van der Waals surface area (Å²) in [4.78, 5) is 9.36. The van der Waals surface area contributed by atoms with Gasteiger partial charge in [-0.25, -0.2) is 4.98 Å². The molecule has 0 spiro atoms. The van der Waals surface area contributed by atoms with Crippen molar-refractivity contribution in [3.05, 3.63) is 11.9 Å².